The Labute approximate surface area is 176 Å². The van der Waals surface area contributed by atoms with Gasteiger partial charge < -0.3 is 14.5 Å². The van der Waals surface area contributed by atoms with Crippen molar-refractivity contribution in [2.45, 2.75) is 19.4 Å². The van der Waals surface area contributed by atoms with E-state index in [4.69, 9.17) is 9.15 Å². The lowest BCUT2D eigenvalue weighted by molar-refractivity contribution is -0.116. The lowest BCUT2D eigenvalue weighted by Gasteiger charge is -2.09. The largest absolute Gasteiger partial charge is 0.489 e. The Morgan fingerprint density at radius 3 is 2.87 bits per heavy atom. The third kappa shape index (κ3) is 5.30. The van der Waals surface area contributed by atoms with Gasteiger partial charge in [-0.15, -0.1) is 10.2 Å². The molecular formula is C22H18FN3O3S. The molecule has 0 unspecified atom stereocenters. The van der Waals surface area contributed by atoms with Crippen molar-refractivity contribution in [1.29, 1.82) is 0 Å². The number of rotatable bonds is 8. The molecule has 2 aromatic heterocycles. The van der Waals surface area contributed by atoms with Crippen LogP contribution in [0.3, 0.4) is 0 Å². The van der Waals surface area contributed by atoms with Gasteiger partial charge in [-0.1, -0.05) is 18.2 Å². The maximum absolute atomic E-state index is 13.2. The lowest BCUT2D eigenvalue weighted by atomic mass is 10.2. The maximum atomic E-state index is 13.2. The number of aromatic nitrogens is 2. The Morgan fingerprint density at radius 1 is 1.13 bits per heavy atom. The average molecular weight is 423 g/mol. The van der Waals surface area contributed by atoms with E-state index in [0.29, 0.717) is 29.6 Å². The van der Waals surface area contributed by atoms with Gasteiger partial charge in [-0.3, -0.25) is 4.79 Å². The third-order valence-electron chi connectivity index (χ3n) is 4.21. The van der Waals surface area contributed by atoms with Gasteiger partial charge >= 0.3 is 0 Å². The summed E-state index contributed by atoms with van der Waals surface area (Å²) in [6.07, 6.45) is 0.570. The molecule has 0 aliphatic carbocycles. The van der Waals surface area contributed by atoms with E-state index in [2.05, 4.69) is 15.5 Å². The summed E-state index contributed by atoms with van der Waals surface area (Å²) in [7, 11) is 0. The van der Waals surface area contributed by atoms with Crippen LogP contribution >= 0.6 is 11.3 Å². The van der Waals surface area contributed by atoms with E-state index in [1.807, 2.05) is 35.0 Å². The number of hydrogen-bond donors (Lipinski definition) is 1. The SMILES string of the molecule is O=C(CCc1nnc(-c2ccsc2)o1)Nc1cccc(COc2cccc(F)c2)c1. The molecule has 4 rings (SSSR count). The molecule has 4 aromatic rings. The van der Waals surface area contributed by atoms with Gasteiger partial charge in [0.15, 0.2) is 0 Å². The van der Waals surface area contributed by atoms with Gasteiger partial charge in [-0.25, -0.2) is 4.39 Å². The highest BCUT2D eigenvalue weighted by molar-refractivity contribution is 7.08. The highest BCUT2D eigenvalue weighted by atomic mass is 32.1. The van der Waals surface area contributed by atoms with Crippen LogP contribution in [0.2, 0.25) is 0 Å². The molecule has 0 aliphatic heterocycles. The Balaban J connectivity index is 1.28. The highest BCUT2D eigenvalue weighted by Gasteiger charge is 2.11. The number of nitrogens with one attached hydrogen (secondary N) is 1. The first-order valence-electron chi connectivity index (χ1n) is 9.28. The van der Waals surface area contributed by atoms with Gasteiger partial charge in [0.2, 0.25) is 17.7 Å². The van der Waals surface area contributed by atoms with Crippen LogP contribution < -0.4 is 10.1 Å². The first kappa shape index (κ1) is 19.8. The number of ether oxygens (including phenoxy) is 1. The minimum Gasteiger partial charge on any atom is -0.489 e. The van der Waals surface area contributed by atoms with E-state index >= 15 is 0 Å². The predicted molar refractivity (Wildman–Crippen MR) is 112 cm³/mol. The number of nitrogens with zero attached hydrogens (tertiary/aromatic N) is 2. The number of carbonyl (C=O) groups excluding carboxylic acids is 1. The van der Waals surface area contributed by atoms with Crippen LogP contribution in [0.15, 0.2) is 69.8 Å². The van der Waals surface area contributed by atoms with E-state index in [0.717, 1.165) is 11.1 Å². The van der Waals surface area contributed by atoms with Crippen LogP contribution in [0, 0.1) is 5.82 Å². The average Bonchev–Trinajstić information content (AvgIpc) is 3.43. The van der Waals surface area contributed by atoms with Crippen LogP contribution in [-0.2, 0) is 17.8 Å². The molecule has 2 aromatic carbocycles. The van der Waals surface area contributed by atoms with Gasteiger partial charge in [0, 0.05) is 35.5 Å². The molecule has 1 N–H and O–H groups in total. The molecular weight excluding hydrogens is 405 g/mol. The molecule has 1 amide bonds. The zero-order chi connectivity index (χ0) is 20.8. The van der Waals surface area contributed by atoms with Crippen LogP contribution in [0.1, 0.15) is 17.9 Å². The fraction of sp³-hybridized carbons (Fsp3) is 0.136. The number of hydrogen-bond acceptors (Lipinski definition) is 6. The molecule has 0 aliphatic rings. The summed E-state index contributed by atoms with van der Waals surface area (Å²) < 4.78 is 24.4. The summed E-state index contributed by atoms with van der Waals surface area (Å²) in [5.41, 5.74) is 2.39. The van der Waals surface area contributed by atoms with E-state index < -0.39 is 0 Å². The maximum Gasteiger partial charge on any atom is 0.248 e. The first-order valence-corrected chi connectivity index (χ1v) is 10.2. The van der Waals surface area contributed by atoms with Crippen LogP contribution in [0.4, 0.5) is 10.1 Å². The number of anilines is 1. The minimum atomic E-state index is -0.350. The Hall–Kier alpha value is -3.52. The van der Waals surface area contributed by atoms with E-state index in [-0.39, 0.29) is 24.8 Å². The second kappa shape index (κ2) is 9.32. The van der Waals surface area contributed by atoms with E-state index in [1.54, 1.807) is 29.5 Å². The Bertz CT molecular complexity index is 1130. The molecule has 2 heterocycles. The van der Waals surface area contributed by atoms with Crippen molar-refractivity contribution in [2.24, 2.45) is 0 Å². The number of aryl methyl sites for hydroxylation is 1. The van der Waals surface area contributed by atoms with Crippen LogP contribution in [0.5, 0.6) is 5.75 Å². The minimum absolute atomic E-state index is 0.159. The first-order chi connectivity index (χ1) is 14.7. The molecule has 0 bridgehead atoms. The molecule has 152 valence electrons. The van der Waals surface area contributed by atoms with Crippen molar-refractivity contribution in [3.63, 3.8) is 0 Å². The van der Waals surface area contributed by atoms with Crippen molar-refractivity contribution >= 4 is 22.9 Å². The molecule has 0 saturated carbocycles. The Morgan fingerprint density at radius 2 is 2.03 bits per heavy atom. The molecule has 0 radical (unpaired) electrons. The van der Waals surface area contributed by atoms with Gasteiger partial charge in [-0.2, -0.15) is 11.3 Å². The van der Waals surface area contributed by atoms with Gasteiger partial charge in [0.05, 0.1) is 0 Å². The van der Waals surface area contributed by atoms with Crippen LogP contribution in [-0.4, -0.2) is 16.1 Å². The number of halogens is 1. The van der Waals surface area contributed by atoms with Crippen molar-refractivity contribution in [2.75, 3.05) is 5.32 Å². The molecule has 0 saturated heterocycles. The fourth-order valence-corrected chi connectivity index (χ4v) is 3.39. The summed E-state index contributed by atoms with van der Waals surface area (Å²) in [6.45, 7) is 0.264. The number of thiophene rings is 1. The smallest absolute Gasteiger partial charge is 0.248 e. The normalized spacial score (nSPS) is 10.7. The number of amides is 1. The van der Waals surface area contributed by atoms with Gasteiger partial charge in [0.1, 0.15) is 18.2 Å². The van der Waals surface area contributed by atoms with Crippen molar-refractivity contribution in [3.8, 4) is 17.2 Å². The molecule has 0 spiro atoms. The van der Waals surface area contributed by atoms with Crippen molar-refractivity contribution in [3.05, 3.63) is 82.6 Å². The number of carbonyl (C=O) groups is 1. The third-order valence-corrected chi connectivity index (χ3v) is 4.90. The monoisotopic (exact) mass is 423 g/mol. The van der Waals surface area contributed by atoms with E-state index in [9.17, 15) is 9.18 Å². The number of benzene rings is 2. The second-order valence-corrected chi connectivity index (χ2v) is 7.29. The fourth-order valence-electron chi connectivity index (χ4n) is 2.76. The zero-order valence-electron chi connectivity index (χ0n) is 15.9. The lowest BCUT2D eigenvalue weighted by Crippen LogP contribution is -2.12. The summed E-state index contributed by atoms with van der Waals surface area (Å²) in [5, 5.41) is 14.7. The van der Waals surface area contributed by atoms with E-state index in [1.165, 1.54) is 12.1 Å². The molecule has 0 atom stereocenters. The predicted octanol–water partition coefficient (Wildman–Crippen LogP) is 5.09. The van der Waals surface area contributed by atoms with Crippen molar-refractivity contribution < 1.29 is 18.3 Å². The Kier molecular flexibility index (Phi) is 6.14. The highest BCUT2D eigenvalue weighted by Crippen LogP contribution is 2.21. The second-order valence-electron chi connectivity index (χ2n) is 6.51. The van der Waals surface area contributed by atoms with Gasteiger partial charge in [-0.05, 0) is 41.3 Å². The molecule has 0 fully saturated rings. The van der Waals surface area contributed by atoms with Crippen molar-refractivity contribution in [1.82, 2.24) is 10.2 Å². The zero-order valence-corrected chi connectivity index (χ0v) is 16.7. The summed E-state index contributed by atoms with van der Waals surface area (Å²) >= 11 is 1.55. The molecule has 30 heavy (non-hydrogen) atoms. The molecule has 8 heteroatoms. The van der Waals surface area contributed by atoms with Crippen LogP contribution in [0.25, 0.3) is 11.5 Å². The molecule has 6 nitrogen and oxygen atoms in total. The summed E-state index contributed by atoms with van der Waals surface area (Å²) in [4.78, 5) is 12.3. The quantitative estimate of drug-likeness (QED) is 0.427. The topological polar surface area (TPSA) is 77.2 Å². The van der Waals surface area contributed by atoms with Gasteiger partial charge in [0.25, 0.3) is 0 Å². The standard InChI is InChI=1S/C22H18FN3O3S/c23-17-4-2-6-19(12-17)28-13-15-3-1-5-18(11-15)24-20(27)7-8-21-25-26-22(29-21)16-9-10-30-14-16/h1-6,9-12,14H,7-8,13H2,(H,24,27). The summed E-state index contributed by atoms with van der Waals surface area (Å²) in [6, 6.07) is 15.2. The summed E-state index contributed by atoms with van der Waals surface area (Å²) in [5.74, 6) is 0.817.